The minimum Gasteiger partial charge on any atom is -0.480 e. The first-order valence-corrected chi connectivity index (χ1v) is 12.3. The van der Waals surface area contributed by atoms with Crippen molar-refractivity contribution < 1.29 is 27.1 Å². The van der Waals surface area contributed by atoms with E-state index in [4.69, 9.17) is 0 Å². The number of fused-ring (bicyclic) bond motifs is 1. The number of sulfonamides is 1. The molecular weight excluding hydrogens is 450 g/mol. The fourth-order valence-electron chi connectivity index (χ4n) is 5.03. The predicted octanol–water partition coefficient (Wildman–Crippen LogP) is 4.66. The lowest BCUT2D eigenvalue weighted by atomic mass is 9.80. The molecule has 0 atom stereocenters. The lowest BCUT2D eigenvalue weighted by Gasteiger charge is -2.34. The number of benzene rings is 2. The summed E-state index contributed by atoms with van der Waals surface area (Å²) < 4.78 is 56.3. The Bertz CT molecular complexity index is 1290. The topological polar surface area (TPSA) is 79.6 Å². The van der Waals surface area contributed by atoms with E-state index in [0.29, 0.717) is 36.6 Å². The Morgan fingerprint density at radius 3 is 2.27 bits per heavy atom. The third kappa shape index (κ3) is 4.39. The van der Waals surface area contributed by atoms with Crippen LogP contribution in [-0.2, 0) is 21.4 Å². The summed E-state index contributed by atoms with van der Waals surface area (Å²) in [6.07, 6.45) is 2.61. The lowest BCUT2D eigenvalue weighted by molar-refractivity contribution is -0.137. The van der Waals surface area contributed by atoms with Crippen LogP contribution in [-0.4, -0.2) is 41.5 Å². The summed E-state index contributed by atoms with van der Waals surface area (Å²) in [6.45, 7) is 1.65. The van der Waals surface area contributed by atoms with Crippen molar-refractivity contribution >= 4 is 26.9 Å². The van der Waals surface area contributed by atoms with Crippen molar-refractivity contribution in [1.29, 1.82) is 0 Å². The molecule has 0 spiro atoms. The van der Waals surface area contributed by atoms with Crippen molar-refractivity contribution in [2.24, 2.45) is 0 Å². The van der Waals surface area contributed by atoms with Gasteiger partial charge in [0.15, 0.2) is 0 Å². The maximum Gasteiger partial charge on any atom is 0.323 e. The van der Waals surface area contributed by atoms with Gasteiger partial charge in [0.2, 0.25) is 10.0 Å². The second-order valence-electron chi connectivity index (χ2n) is 8.62. The van der Waals surface area contributed by atoms with Gasteiger partial charge in [-0.2, -0.15) is 4.31 Å². The van der Waals surface area contributed by atoms with Crippen LogP contribution in [0.25, 0.3) is 10.9 Å². The summed E-state index contributed by atoms with van der Waals surface area (Å²) >= 11 is 0. The van der Waals surface area contributed by atoms with Crippen molar-refractivity contribution in [3.05, 3.63) is 65.4 Å². The molecule has 1 saturated carbocycles. The van der Waals surface area contributed by atoms with Crippen molar-refractivity contribution in [3.8, 4) is 0 Å². The van der Waals surface area contributed by atoms with Gasteiger partial charge in [-0.15, -0.1) is 0 Å². The zero-order valence-corrected chi connectivity index (χ0v) is 19.3. The highest BCUT2D eigenvalue weighted by Crippen LogP contribution is 2.41. The van der Waals surface area contributed by atoms with Crippen LogP contribution in [0.15, 0.2) is 47.4 Å². The Balaban J connectivity index is 1.58. The molecule has 33 heavy (non-hydrogen) atoms. The second-order valence-corrected chi connectivity index (χ2v) is 10.6. The highest BCUT2D eigenvalue weighted by Gasteiger charge is 2.33. The average Bonchev–Trinajstić information content (AvgIpc) is 3.03. The maximum atomic E-state index is 14.1. The first kappa shape index (κ1) is 23.4. The summed E-state index contributed by atoms with van der Waals surface area (Å²) in [5.41, 5.74) is 2.42. The standard InChI is InChI=1S/C24H26F2N2O4S/c1-15-24(21-13-18(26)7-12-22(21)28(15)14-23(29)30)16-3-8-19(9-4-16)27(2)33(31,32)20-10-5-17(25)6-11-20/h5-7,10-13,16,19H,3-4,8-9,14H2,1-2H3,(H,29,30). The van der Waals surface area contributed by atoms with Gasteiger partial charge in [-0.1, -0.05) is 0 Å². The number of halogens is 2. The van der Waals surface area contributed by atoms with Gasteiger partial charge in [0.1, 0.15) is 18.2 Å². The molecule has 0 saturated heterocycles. The van der Waals surface area contributed by atoms with E-state index in [-0.39, 0.29) is 29.2 Å². The van der Waals surface area contributed by atoms with Crippen molar-refractivity contribution in [2.45, 2.75) is 56.0 Å². The first-order chi connectivity index (χ1) is 15.6. The number of hydrogen-bond acceptors (Lipinski definition) is 3. The van der Waals surface area contributed by atoms with E-state index in [1.54, 1.807) is 17.7 Å². The van der Waals surface area contributed by atoms with E-state index in [0.717, 1.165) is 23.4 Å². The molecule has 1 fully saturated rings. The number of aromatic nitrogens is 1. The van der Waals surface area contributed by atoms with E-state index >= 15 is 0 Å². The smallest absolute Gasteiger partial charge is 0.323 e. The van der Waals surface area contributed by atoms with E-state index in [2.05, 4.69) is 0 Å². The molecule has 1 N–H and O–H groups in total. The predicted molar refractivity (Wildman–Crippen MR) is 121 cm³/mol. The third-order valence-electron chi connectivity index (χ3n) is 6.74. The van der Waals surface area contributed by atoms with Gasteiger partial charge in [-0.05, 0) is 86.6 Å². The molecule has 1 aliphatic rings. The minimum absolute atomic E-state index is 0.0524. The van der Waals surface area contributed by atoms with Gasteiger partial charge < -0.3 is 9.67 Å². The molecule has 1 heterocycles. The van der Waals surface area contributed by atoms with Gasteiger partial charge in [0.25, 0.3) is 0 Å². The van der Waals surface area contributed by atoms with E-state index < -0.39 is 21.8 Å². The minimum atomic E-state index is -3.75. The number of hydrogen-bond donors (Lipinski definition) is 1. The molecule has 2 aromatic carbocycles. The number of carbonyl (C=O) groups is 1. The highest BCUT2D eigenvalue weighted by atomic mass is 32.2. The van der Waals surface area contributed by atoms with Gasteiger partial charge in [-0.25, -0.2) is 17.2 Å². The molecule has 9 heteroatoms. The Kier molecular flexibility index (Phi) is 6.28. The van der Waals surface area contributed by atoms with Crippen LogP contribution in [0.4, 0.5) is 8.78 Å². The van der Waals surface area contributed by atoms with Gasteiger partial charge in [-0.3, -0.25) is 4.79 Å². The summed E-state index contributed by atoms with van der Waals surface area (Å²) in [6, 6.07) is 8.98. The molecule has 1 aliphatic carbocycles. The van der Waals surface area contributed by atoms with E-state index in [1.807, 2.05) is 6.92 Å². The molecule has 4 rings (SSSR count). The third-order valence-corrected chi connectivity index (χ3v) is 8.66. The van der Waals surface area contributed by atoms with Crippen molar-refractivity contribution in [3.63, 3.8) is 0 Å². The van der Waals surface area contributed by atoms with Crippen LogP contribution in [0.2, 0.25) is 0 Å². The summed E-state index contributed by atoms with van der Waals surface area (Å²) in [7, 11) is -2.20. The largest absolute Gasteiger partial charge is 0.480 e. The molecule has 1 aromatic heterocycles. The van der Waals surface area contributed by atoms with Gasteiger partial charge in [0.05, 0.1) is 4.90 Å². The van der Waals surface area contributed by atoms with Crippen LogP contribution in [0.5, 0.6) is 0 Å². The quantitative estimate of drug-likeness (QED) is 0.561. The molecule has 0 bridgehead atoms. The Morgan fingerprint density at radius 2 is 1.67 bits per heavy atom. The van der Waals surface area contributed by atoms with Crippen LogP contribution < -0.4 is 0 Å². The number of nitrogens with zero attached hydrogens (tertiary/aromatic N) is 2. The van der Waals surface area contributed by atoms with Crippen LogP contribution in [0, 0.1) is 18.6 Å². The molecule has 0 unspecified atom stereocenters. The first-order valence-electron chi connectivity index (χ1n) is 10.8. The second kappa shape index (κ2) is 8.87. The Hall–Kier alpha value is -2.78. The zero-order valence-electron chi connectivity index (χ0n) is 18.5. The number of rotatable bonds is 6. The summed E-state index contributed by atoms with van der Waals surface area (Å²) in [5, 5.41) is 10.0. The van der Waals surface area contributed by atoms with Gasteiger partial charge >= 0.3 is 5.97 Å². The van der Waals surface area contributed by atoms with Crippen LogP contribution >= 0.6 is 0 Å². The molecule has 0 radical (unpaired) electrons. The summed E-state index contributed by atoms with van der Waals surface area (Å²) in [5.74, 6) is -1.77. The molecule has 6 nitrogen and oxygen atoms in total. The molecule has 0 amide bonds. The molecule has 3 aromatic rings. The highest BCUT2D eigenvalue weighted by molar-refractivity contribution is 7.89. The number of carboxylic acids is 1. The van der Waals surface area contributed by atoms with Gasteiger partial charge in [0, 0.05) is 29.7 Å². The average molecular weight is 477 g/mol. The Labute approximate surface area is 191 Å². The number of aliphatic carboxylic acids is 1. The van der Waals surface area contributed by atoms with Crippen LogP contribution in [0.3, 0.4) is 0 Å². The Morgan fingerprint density at radius 1 is 1.06 bits per heavy atom. The molecule has 0 aliphatic heterocycles. The lowest BCUT2D eigenvalue weighted by Crippen LogP contribution is -2.39. The maximum absolute atomic E-state index is 14.1. The fourth-order valence-corrected chi connectivity index (χ4v) is 6.45. The van der Waals surface area contributed by atoms with E-state index in [9.17, 15) is 27.1 Å². The molecule has 176 valence electrons. The SMILES string of the molecule is Cc1c(C2CCC(N(C)S(=O)(=O)c3ccc(F)cc3)CC2)c2cc(F)ccc2n1CC(=O)O. The fraction of sp³-hybridized carbons (Fsp3) is 0.375. The van der Waals surface area contributed by atoms with Crippen LogP contribution in [0.1, 0.15) is 42.9 Å². The van der Waals surface area contributed by atoms with Crippen molar-refractivity contribution in [1.82, 2.24) is 8.87 Å². The zero-order chi connectivity index (χ0) is 23.9. The van der Waals surface area contributed by atoms with E-state index in [1.165, 1.54) is 28.6 Å². The monoisotopic (exact) mass is 476 g/mol. The number of carboxylic acid groups (broad SMARTS) is 1. The van der Waals surface area contributed by atoms with Crippen molar-refractivity contribution in [2.75, 3.05) is 7.05 Å². The normalized spacial score (nSPS) is 19.3. The molecular formula is C24H26F2N2O4S. The summed E-state index contributed by atoms with van der Waals surface area (Å²) in [4.78, 5) is 11.4.